The number of hydrogen-bond donors (Lipinski definition) is 1. The highest BCUT2D eigenvalue weighted by Gasteiger charge is 2.10. The molecule has 0 aliphatic heterocycles. The molecule has 3 aromatic rings. The Morgan fingerprint density at radius 3 is 2.42 bits per heavy atom. The lowest BCUT2D eigenvalue weighted by atomic mass is 10.2. The van der Waals surface area contributed by atoms with Crippen LogP contribution in [0.3, 0.4) is 0 Å². The highest BCUT2D eigenvalue weighted by molar-refractivity contribution is 5.91. The minimum Gasteiger partial charge on any atom is -0.497 e. The summed E-state index contributed by atoms with van der Waals surface area (Å²) in [7, 11) is 1.60. The Morgan fingerprint density at radius 2 is 1.73 bits per heavy atom. The van der Waals surface area contributed by atoms with Gasteiger partial charge in [-0.1, -0.05) is 42.5 Å². The number of ether oxygens (including phenoxy) is 1. The zero-order valence-corrected chi connectivity index (χ0v) is 14.4. The Kier molecular flexibility index (Phi) is 5.43. The summed E-state index contributed by atoms with van der Waals surface area (Å²) in [5, 5.41) is 6.98. The minimum atomic E-state index is -0.331. The molecule has 1 amide bonds. The number of rotatable bonds is 6. The molecule has 0 bridgehead atoms. The van der Waals surface area contributed by atoms with E-state index in [9.17, 15) is 9.59 Å². The molecule has 1 heterocycles. The highest BCUT2D eigenvalue weighted by Crippen LogP contribution is 2.11. The zero-order valence-electron chi connectivity index (χ0n) is 14.4. The summed E-state index contributed by atoms with van der Waals surface area (Å²) in [6, 6.07) is 19.7. The number of carbonyl (C=O) groups excluding carboxylic acids is 1. The molecular formula is C20H19N3O3. The molecule has 0 saturated carbocycles. The molecule has 132 valence electrons. The predicted octanol–water partition coefficient (Wildman–Crippen LogP) is 2.23. The van der Waals surface area contributed by atoms with E-state index >= 15 is 0 Å². The number of benzene rings is 2. The molecule has 6 nitrogen and oxygen atoms in total. The fourth-order valence-electron chi connectivity index (χ4n) is 2.46. The van der Waals surface area contributed by atoms with E-state index in [-0.39, 0.29) is 17.2 Å². The van der Waals surface area contributed by atoms with Crippen LogP contribution in [-0.2, 0) is 13.1 Å². The van der Waals surface area contributed by atoms with Gasteiger partial charge >= 0.3 is 0 Å². The van der Waals surface area contributed by atoms with Gasteiger partial charge in [0.2, 0.25) is 0 Å². The topological polar surface area (TPSA) is 73.2 Å². The van der Waals surface area contributed by atoms with Crippen molar-refractivity contribution < 1.29 is 9.53 Å². The van der Waals surface area contributed by atoms with Crippen LogP contribution in [-0.4, -0.2) is 22.8 Å². The average molecular weight is 349 g/mol. The highest BCUT2D eigenvalue weighted by atomic mass is 16.5. The molecule has 0 unspecified atom stereocenters. The lowest BCUT2D eigenvalue weighted by Crippen LogP contribution is -2.29. The van der Waals surface area contributed by atoms with E-state index in [1.54, 1.807) is 7.11 Å². The second-order valence-corrected chi connectivity index (χ2v) is 5.73. The summed E-state index contributed by atoms with van der Waals surface area (Å²) in [4.78, 5) is 24.3. The zero-order chi connectivity index (χ0) is 18.4. The van der Waals surface area contributed by atoms with Crippen LogP contribution >= 0.6 is 0 Å². The second kappa shape index (κ2) is 8.11. The molecule has 0 spiro atoms. The molecular weight excluding hydrogens is 330 g/mol. The van der Waals surface area contributed by atoms with Gasteiger partial charge in [0.15, 0.2) is 0 Å². The first-order valence-corrected chi connectivity index (χ1v) is 8.19. The minimum absolute atomic E-state index is 0.203. The molecule has 0 radical (unpaired) electrons. The molecule has 1 aromatic heterocycles. The summed E-state index contributed by atoms with van der Waals surface area (Å²) in [6.45, 7) is 0.682. The van der Waals surface area contributed by atoms with Crippen LogP contribution in [0.5, 0.6) is 5.75 Å². The maximum atomic E-state index is 12.3. The standard InChI is InChI=1S/C20H19N3O3/c1-26-17-9-7-15(8-10-17)13-21-20(25)18-11-12-19(24)23(22-18)14-16-5-3-2-4-6-16/h2-12H,13-14H2,1H3,(H,21,25). The van der Waals surface area contributed by atoms with Gasteiger partial charge in [0.25, 0.3) is 11.5 Å². The third-order valence-corrected chi connectivity index (χ3v) is 3.89. The number of amides is 1. The number of methoxy groups -OCH3 is 1. The van der Waals surface area contributed by atoms with Crippen molar-refractivity contribution in [3.8, 4) is 5.75 Å². The number of hydrogen-bond acceptors (Lipinski definition) is 4. The van der Waals surface area contributed by atoms with Crippen LogP contribution in [0.4, 0.5) is 0 Å². The van der Waals surface area contributed by atoms with Crippen molar-refractivity contribution in [3.63, 3.8) is 0 Å². The lowest BCUT2D eigenvalue weighted by Gasteiger charge is -2.08. The van der Waals surface area contributed by atoms with E-state index in [0.717, 1.165) is 16.9 Å². The SMILES string of the molecule is COc1ccc(CNC(=O)c2ccc(=O)n(Cc3ccccc3)n2)cc1. The normalized spacial score (nSPS) is 10.3. The third-order valence-electron chi connectivity index (χ3n) is 3.89. The molecule has 3 rings (SSSR count). The molecule has 26 heavy (non-hydrogen) atoms. The number of nitrogens with one attached hydrogen (secondary N) is 1. The maximum Gasteiger partial charge on any atom is 0.271 e. The fourth-order valence-corrected chi connectivity index (χ4v) is 2.46. The van der Waals surface area contributed by atoms with Crippen molar-refractivity contribution in [1.82, 2.24) is 15.1 Å². The largest absolute Gasteiger partial charge is 0.497 e. The fraction of sp³-hybridized carbons (Fsp3) is 0.150. The summed E-state index contributed by atoms with van der Waals surface area (Å²) in [6.07, 6.45) is 0. The predicted molar refractivity (Wildman–Crippen MR) is 98.2 cm³/mol. The van der Waals surface area contributed by atoms with E-state index < -0.39 is 0 Å². The molecule has 0 saturated heterocycles. The van der Waals surface area contributed by atoms with Crippen molar-refractivity contribution in [1.29, 1.82) is 0 Å². The summed E-state index contributed by atoms with van der Waals surface area (Å²) in [5.74, 6) is 0.428. The van der Waals surface area contributed by atoms with Crippen LogP contribution in [0, 0.1) is 0 Å². The van der Waals surface area contributed by atoms with Gasteiger partial charge in [-0.05, 0) is 29.3 Å². The van der Waals surface area contributed by atoms with Gasteiger partial charge in [-0.15, -0.1) is 0 Å². The monoisotopic (exact) mass is 349 g/mol. The first-order chi connectivity index (χ1) is 12.7. The van der Waals surface area contributed by atoms with Crippen LogP contribution in [0.1, 0.15) is 21.6 Å². The van der Waals surface area contributed by atoms with Gasteiger partial charge in [-0.3, -0.25) is 9.59 Å². The van der Waals surface area contributed by atoms with Crippen molar-refractivity contribution in [2.24, 2.45) is 0 Å². The van der Waals surface area contributed by atoms with E-state index in [0.29, 0.717) is 13.1 Å². The Labute approximate surface area is 151 Å². The van der Waals surface area contributed by atoms with E-state index in [1.165, 1.54) is 16.8 Å². The third kappa shape index (κ3) is 4.36. The smallest absolute Gasteiger partial charge is 0.271 e. The van der Waals surface area contributed by atoms with E-state index in [2.05, 4.69) is 10.4 Å². The molecule has 1 N–H and O–H groups in total. The molecule has 0 aliphatic carbocycles. The first kappa shape index (κ1) is 17.4. The van der Waals surface area contributed by atoms with Crippen LogP contribution in [0.2, 0.25) is 0 Å². The Hall–Kier alpha value is -3.41. The summed E-state index contributed by atoms with van der Waals surface area (Å²) >= 11 is 0. The quantitative estimate of drug-likeness (QED) is 0.741. The Bertz CT molecular complexity index is 935. The van der Waals surface area contributed by atoms with Crippen LogP contribution in [0.25, 0.3) is 0 Å². The van der Waals surface area contributed by atoms with Crippen molar-refractivity contribution in [2.75, 3.05) is 7.11 Å². The van der Waals surface area contributed by atoms with Crippen LogP contribution in [0.15, 0.2) is 71.5 Å². The van der Waals surface area contributed by atoms with Crippen molar-refractivity contribution in [3.05, 3.63) is 93.9 Å². The molecule has 6 heteroatoms. The average Bonchev–Trinajstić information content (AvgIpc) is 2.69. The number of aromatic nitrogens is 2. The Morgan fingerprint density at radius 1 is 1.00 bits per heavy atom. The summed E-state index contributed by atoms with van der Waals surface area (Å²) in [5.41, 5.74) is 1.84. The van der Waals surface area contributed by atoms with Gasteiger partial charge < -0.3 is 10.1 Å². The lowest BCUT2D eigenvalue weighted by molar-refractivity contribution is 0.0943. The van der Waals surface area contributed by atoms with Crippen LogP contribution < -0.4 is 15.6 Å². The van der Waals surface area contributed by atoms with E-state index in [1.807, 2.05) is 54.6 Å². The molecule has 2 aromatic carbocycles. The van der Waals surface area contributed by atoms with Gasteiger partial charge in [0.1, 0.15) is 11.4 Å². The van der Waals surface area contributed by atoms with Gasteiger partial charge in [0.05, 0.1) is 13.7 Å². The molecule has 0 atom stereocenters. The first-order valence-electron chi connectivity index (χ1n) is 8.19. The van der Waals surface area contributed by atoms with E-state index in [4.69, 9.17) is 4.74 Å². The second-order valence-electron chi connectivity index (χ2n) is 5.73. The summed E-state index contributed by atoms with van der Waals surface area (Å²) < 4.78 is 6.40. The van der Waals surface area contributed by atoms with Crippen molar-refractivity contribution >= 4 is 5.91 Å². The maximum absolute atomic E-state index is 12.3. The molecule has 0 aliphatic rings. The van der Waals surface area contributed by atoms with Crippen molar-refractivity contribution in [2.45, 2.75) is 13.1 Å². The van der Waals surface area contributed by atoms with Gasteiger partial charge in [-0.25, -0.2) is 4.68 Å². The number of nitrogens with zero attached hydrogens (tertiary/aromatic N) is 2. The number of carbonyl (C=O) groups is 1. The van der Waals surface area contributed by atoms with Gasteiger partial charge in [0, 0.05) is 12.6 Å². The van der Waals surface area contributed by atoms with Gasteiger partial charge in [-0.2, -0.15) is 5.10 Å². The molecule has 0 fully saturated rings. The Balaban J connectivity index is 1.69.